The first-order chi connectivity index (χ1) is 16.5. The molecule has 3 heterocycles. The minimum atomic E-state index is -0.427. The Labute approximate surface area is 203 Å². The monoisotopic (exact) mass is 475 g/mol. The highest BCUT2D eigenvalue weighted by atomic mass is 35.5. The van der Waals surface area contributed by atoms with E-state index in [0.717, 1.165) is 17.0 Å². The lowest BCUT2D eigenvalue weighted by molar-refractivity contribution is -0.117. The van der Waals surface area contributed by atoms with Crippen LogP contribution in [-0.4, -0.2) is 38.3 Å². The number of nitrogens with one attached hydrogen (secondary N) is 2. The molecule has 1 aliphatic rings. The molecule has 0 saturated heterocycles. The number of carbonyl (C=O) groups excluding carboxylic acids is 1. The number of fused-ring (bicyclic) bond motifs is 1. The highest BCUT2D eigenvalue weighted by Crippen LogP contribution is 2.39. The topological polar surface area (TPSA) is 87.5 Å². The number of carbonyl (C=O) groups is 1. The van der Waals surface area contributed by atoms with Gasteiger partial charge in [0.25, 0.3) is 0 Å². The molecule has 0 aliphatic heterocycles. The first-order valence-corrected chi connectivity index (χ1v) is 11.7. The number of hydrogen-bond donors (Lipinski definition) is 2. The average molecular weight is 476 g/mol. The van der Waals surface area contributed by atoms with Gasteiger partial charge in [-0.25, -0.2) is 15.0 Å². The molecule has 1 atom stereocenters. The van der Waals surface area contributed by atoms with Gasteiger partial charge in [-0.15, -0.1) is 0 Å². The molecular weight excluding hydrogens is 450 g/mol. The Hall–Kier alpha value is -3.65. The molecule has 0 spiro atoms. The zero-order valence-electron chi connectivity index (χ0n) is 19.1. The van der Waals surface area contributed by atoms with E-state index in [-0.39, 0.29) is 5.91 Å². The molecule has 9 heteroatoms. The molecule has 1 fully saturated rings. The molecule has 3 aromatic heterocycles. The normalized spacial score (nSPS) is 14.1. The van der Waals surface area contributed by atoms with Crippen molar-refractivity contribution in [2.45, 2.75) is 38.3 Å². The van der Waals surface area contributed by atoms with E-state index < -0.39 is 6.04 Å². The van der Waals surface area contributed by atoms with Gasteiger partial charge in [0.05, 0.1) is 12.2 Å². The van der Waals surface area contributed by atoms with E-state index in [1.807, 2.05) is 43.3 Å². The molecule has 1 amide bonds. The van der Waals surface area contributed by atoms with E-state index in [0.29, 0.717) is 29.1 Å². The average Bonchev–Trinajstić information content (AvgIpc) is 3.61. The van der Waals surface area contributed by atoms with Crippen LogP contribution >= 0.6 is 11.6 Å². The maximum absolute atomic E-state index is 12.8. The van der Waals surface area contributed by atoms with Crippen LogP contribution in [0.4, 0.5) is 17.3 Å². The van der Waals surface area contributed by atoms with Crippen molar-refractivity contribution in [2.24, 2.45) is 0 Å². The Kier molecular flexibility index (Phi) is 6.06. The number of nitrogens with zero attached hydrogens (tertiary/aromatic N) is 5. The number of benzene rings is 1. The number of aromatic nitrogens is 4. The Morgan fingerprint density at radius 2 is 2.00 bits per heavy atom. The van der Waals surface area contributed by atoms with Gasteiger partial charge in [0, 0.05) is 36.2 Å². The van der Waals surface area contributed by atoms with Gasteiger partial charge >= 0.3 is 0 Å². The lowest BCUT2D eigenvalue weighted by atomic mass is 10.2. The summed E-state index contributed by atoms with van der Waals surface area (Å²) in [7, 11) is 1.85. The molecule has 4 aromatic rings. The Balaban J connectivity index is 1.21. The predicted octanol–water partition coefficient (Wildman–Crippen LogP) is 4.73. The summed E-state index contributed by atoms with van der Waals surface area (Å²) in [6.45, 7) is 2.34. The smallest absolute Gasteiger partial charge is 0.247 e. The second kappa shape index (κ2) is 9.30. The van der Waals surface area contributed by atoms with Crippen molar-refractivity contribution in [1.82, 2.24) is 19.4 Å². The highest BCUT2D eigenvalue weighted by Gasteiger charge is 2.24. The number of rotatable bonds is 8. The molecule has 34 heavy (non-hydrogen) atoms. The summed E-state index contributed by atoms with van der Waals surface area (Å²) in [6, 6.07) is 12.9. The second-order valence-electron chi connectivity index (χ2n) is 8.63. The second-order valence-corrected chi connectivity index (χ2v) is 9.07. The van der Waals surface area contributed by atoms with Crippen LogP contribution in [0, 0.1) is 0 Å². The number of anilines is 3. The lowest BCUT2D eigenvalue weighted by Gasteiger charge is -2.26. The number of hydrogen-bond acceptors (Lipinski definition) is 6. The van der Waals surface area contributed by atoms with Gasteiger partial charge in [-0.3, -0.25) is 4.79 Å². The summed E-state index contributed by atoms with van der Waals surface area (Å²) in [5.74, 6) is 1.56. The molecule has 1 aliphatic carbocycles. The fourth-order valence-electron chi connectivity index (χ4n) is 3.83. The van der Waals surface area contributed by atoms with Crippen LogP contribution in [-0.2, 0) is 11.3 Å². The number of pyridine rings is 1. The minimum absolute atomic E-state index is 0.182. The first-order valence-electron chi connectivity index (χ1n) is 11.3. The van der Waals surface area contributed by atoms with Crippen LogP contribution in [0.5, 0.6) is 0 Å². The van der Waals surface area contributed by atoms with E-state index >= 15 is 0 Å². The largest absolute Gasteiger partial charge is 0.364 e. The van der Waals surface area contributed by atoms with E-state index in [2.05, 4.69) is 48.3 Å². The molecule has 1 aromatic carbocycles. The summed E-state index contributed by atoms with van der Waals surface area (Å²) in [5, 5.41) is 6.75. The van der Waals surface area contributed by atoms with Crippen molar-refractivity contribution in [3.05, 3.63) is 77.5 Å². The SMILES string of the molecule is CC(C(=O)Nc1cc(NCc2cn3cc(C4CC4)ccc3n2)ncn1)N(C)c1cccc(Cl)c1. The van der Waals surface area contributed by atoms with Gasteiger partial charge in [-0.1, -0.05) is 23.7 Å². The Bertz CT molecular complexity index is 1330. The van der Waals surface area contributed by atoms with Gasteiger partial charge in [0.15, 0.2) is 0 Å². The predicted molar refractivity (Wildman–Crippen MR) is 134 cm³/mol. The van der Waals surface area contributed by atoms with Crippen molar-refractivity contribution < 1.29 is 4.79 Å². The molecule has 0 radical (unpaired) electrons. The number of imidazole rings is 1. The van der Waals surface area contributed by atoms with Gasteiger partial charge in [-0.05, 0) is 55.5 Å². The quantitative estimate of drug-likeness (QED) is 0.383. The summed E-state index contributed by atoms with van der Waals surface area (Å²) in [6.07, 6.45) is 8.18. The van der Waals surface area contributed by atoms with Crippen LogP contribution < -0.4 is 15.5 Å². The number of halogens is 1. The van der Waals surface area contributed by atoms with Crippen molar-refractivity contribution >= 4 is 40.5 Å². The summed E-state index contributed by atoms with van der Waals surface area (Å²) < 4.78 is 2.08. The lowest BCUT2D eigenvalue weighted by Crippen LogP contribution is -2.39. The van der Waals surface area contributed by atoms with Gasteiger partial charge in [0.1, 0.15) is 29.7 Å². The van der Waals surface area contributed by atoms with Crippen molar-refractivity contribution in [3.8, 4) is 0 Å². The van der Waals surface area contributed by atoms with E-state index in [4.69, 9.17) is 11.6 Å². The van der Waals surface area contributed by atoms with E-state index in [9.17, 15) is 4.79 Å². The molecule has 8 nitrogen and oxygen atoms in total. The zero-order valence-corrected chi connectivity index (χ0v) is 19.8. The molecule has 174 valence electrons. The number of amides is 1. The van der Waals surface area contributed by atoms with Gasteiger partial charge in [0.2, 0.25) is 5.91 Å². The van der Waals surface area contributed by atoms with Gasteiger partial charge in [-0.2, -0.15) is 0 Å². The first kappa shape index (κ1) is 22.2. The summed E-state index contributed by atoms with van der Waals surface area (Å²) in [4.78, 5) is 27.8. The van der Waals surface area contributed by atoms with Crippen LogP contribution in [0.2, 0.25) is 5.02 Å². The zero-order chi connectivity index (χ0) is 23.7. The Morgan fingerprint density at radius 3 is 2.79 bits per heavy atom. The fourth-order valence-corrected chi connectivity index (χ4v) is 4.02. The third kappa shape index (κ3) is 4.97. The third-order valence-electron chi connectivity index (χ3n) is 6.12. The molecule has 0 bridgehead atoms. The molecular formula is C25H26ClN7O. The standard InChI is InChI=1S/C25H26ClN7O/c1-16(32(2)21-5-3-4-19(26)10-21)25(34)31-23-11-22(28-15-29-23)27-12-20-14-33-13-18(17-6-7-17)8-9-24(33)30-20/h3-5,8-11,13-17H,6-7,12H2,1-2H3,(H2,27,28,29,31,34). The summed E-state index contributed by atoms with van der Waals surface area (Å²) in [5.41, 5.74) is 4.07. The molecule has 5 rings (SSSR count). The van der Waals surface area contributed by atoms with Crippen LogP contribution in [0.1, 0.15) is 36.9 Å². The minimum Gasteiger partial charge on any atom is -0.364 e. The molecule has 1 unspecified atom stereocenters. The highest BCUT2D eigenvalue weighted by molar-refractivity contribution is 6.30. The third-order valence-corrected chi connectivity index (χ3v) is 6.35. The van der Waals surface area contributed by atoms with Gasteiger partial charge < -0.3 is 19.9 Å². The Morgan fingerprint density at radius 1 is 1.18 bits per heavy atom. The van der Waals surface area contributed by atoms with Crippen LogP contribution in [0.15, 0.2) is 61.2 Å². The number of likely N-dealkylation sites (N-methyl/N-ethyl adjacent to an activating group) is 1. The van der Waals surface area contributed by atoms with E-state index in [1.165, 1.54) is 24.7 Å². The fraction of sp³-hybridized carbons (Fsp3) is 0.280. The van der Waals surface area contributed by atoms with Crippen molar-refractivity contribution in [1.29, 1.82) is 0 Å². The molecule has 1 saturated carbocycles. The van der Waals surface area contributed by atoms with Crippen molar-refractivity contribution in [2.75, 3.05) is 22.6 Å². The molecule has 2 N–H and O–H groups in total. The van der Waals surface area contributed by atoms with E-state index in [1.54, 1.807) is 12.1 Å². The maximum Gasteiger partial charge on any atom is 0.247 e. The summed E-state index contributed by atoms with van der Waals surface area (Å²) >= 11 is 6.08. The van der Waals surface area contributed by atoms with Crippen LogP contribution in [0.25, 0.3) is 5.65 Å². The van der Waals surface area contributed by atoms with Crippen LogP contribution in [0.3, 0.4) is 0 Å². The van der Waals surface area contributed by atoms with Crippen molar-refractivity contribution in [3.63, 3.8) is 0 Å². The maximum atomic E-state index is 12.8.